The molecular weight excluding hydrogens is 308 g/mol. The van der Waals surface area contributed by atoms with Crippen LogP contribution in [0, 0.1) is 0 Å². The Bertz CT molecular complexity index is 800. The molecule has 0 saturated carbocycles. The van der Waals surface area contributed by atoms with E-state index in [9.17, 15) is 0 Å². The molecule has 0 aromatic carbocycles. The minimum Gasteiger partial charge on any atom is -0.481 e. The number of nitrogens with zero attached hydrogens (tertiary/aromatic N) is 4. The molecule has 7 nitrogen and oxygen atoms in total. The minimum atomic E-state index is -0.0513. The summed E-state index contributed by atoms with van der Waals surface area (Å²) < 4.78 is 16.1. The van der Waals surface area contributed by atoms with E-state index in [1.165, 1.54) is 0 Å². The highest BCUT2D eigenvalue weighted by Crippen LogP contribution is 2.23. The quantitative estimate of drug-likeness (QED) is 0.710. The van der Waals surface area contributed by atoms with Gasteiger partial charge in [0.2, 0.25) is 17.6 Å². The fourth-order valence-electron chi connectivity index (χ4n) is 2.09. The number of ether oxygens (including phenoxy) is 1. The molecular formula is C17H20N4O3. The van der Waals surface area contributed by atoms with Crippen LogP contribution in [0.2, 0.25) is 0 Å². The highest BCUT2D eigenvalue weighted by atomic mass is 16.5. The molecule has 3 aromatic rings. The van der Waals surface area contributed by atoms with Crippen LogP contribution in [0.1, 0.15) is 38.3 Å². The van der Waals surface area contributed by atoms with E-state index in [1.54, 1.807) is 25.6 Å². The van der Waals surface area contributed by atoms with Crippen LogP contribution in [0.3, 0.4) is 0 Å². The maximum absolute atomic E-state index is 5.76. The summed E-state index contributed by atoms with van der Waals surface area (Å²) in [5, 5.41) is 3.98. The third-order valence-corrected chi connectivity index (χ3v) is 3.52. The van der Waals surface area contributed by atoms with Crippen LogP contribution in [-0.4, -0.2) is 27.2 Å². The third kappa shape index (κ3) is 3.61. The summed E-state index contributed by atoms with van der Waals surface area (Å²) in [6, 6.07) is 3.59. The van der Waals surface area contributed by atoms with Gasteiger partial charge in [-0.3, -0.25) is 0 Å². The SMILES string of the molecule is COc1ccc(-c2noc(CCc3ncc(C(C)(C)C)o3)n2)cn1. The van der Waals surface area contributed by atoms with Crippen molar-refractivity contribution in [3.63, 3.8) is 0 Å². The molecule has 0 fully saturated rings. The zero-order valence-electron chi connectivity index (χ0n) is 14.2. The highest BCUT2D eigenvalue weighted by Gasteiger charge is 2.19. The van der Waals surface area contributed by atoms with Crippen LogP contribution in [0.4, 0.5) is 0 Å². The number of hydrogen-bond acceptors (Lipinski definition) is 7. The number of oxazole rings is 1. The van der Waals surface area contributed by atoms with E-state index in [4.69, 9.17) is 13.7 Å². The number of rotatable bonds is 5. The lowest BCUT2D eigenvalue weighted by atomic mass is 9.94. The molecule has 3 aromatic heterocycles. The van der Waals surface area contributed by atoms with Crippen molar-refractivity contribution < 1.29 is 13.7 Å². The van der Waals surface area contributed by atoms with E-state index < -0.39 is 0 Å². The van der Waals surface area contributed by atoms with E-state index in [0.29, 0.717) is 36.3 Å². The third-order valence-electron chi connectivity index (χ3n) is 3.52. The van der Waals surface area contributed by atoms with Gasteiger partial charge >= 0.3 is 0 Å². The van der Waals surface area contributed by atoms with Crippen molar-refractivity contribution in [2.75, 3.05) is 7.11 Å². The summed E-state index contributed by atoms with van der Waals surface area (Å²) in [4.78, 5) is 12.8. The molecule has 0 N–H and O–H groups in total. The van der Waals surface area contributed by atoms with Crippen molar-refractivity contribution in [3.05, 3.63) is 42.1 Å². The van der Waals surface area contributed by atoms with Gasteiger partial charge in [0.1, 0.15) is 5.76 Å². The zero-order valence-corrected chi connectivity index (χ0v) is 14.2. The van der Waals surface area contributed by atoms with E-state index >= 15 is 0 Å². The maximum atomic E-state index is 5.76. The number of pyridine rings is 1. The lowest BCUT2D eigenvalue weighted by Crippen LogP contribution is -2.09. The van der Waals surface area contributed by atoms with E-state index in [2.05, 4.69) is 40.9 Å². The van der Waals surface area contributed by atoms with Crippen LogP contribution in [0.15, 0.2) is 33.5 Å². The molecule has 0 unspecified atom stereocenters. The predicted molar refractivity (Wildman–Crippen MR) is 86.7 cm³/mol. The summed E-state index contributed by atoms with van der Waals surface area (Å²) in [5.41, 5.74) is 0.724. The van der Waals surface area contributed by atoms with E-state index in [1.807, 2.05) is 6.07 Å². The molecule has 0 atom stereocenters. The van der Waals surface area contributed by atoms with Crippen molar-refractivity contribution in [1.82, 2.24) is 20.1 Å². The van der Waals surface area contributed by atoms with E-state index in [-0.39, 0.29) is 5.41 Å². The Balaban J connectivity index is 1.64. The molecule has 3 heterocycles. The Morgan fingerprint density at radius 1 is 1.04 bits per heavy atom. The fraction of sp³-hybridized carbons (Fsp3) is 0.412. The number of aromatic nitrogens is 4. The van der Waals surface area contributed by atoms with Gasteiger partial charge in [0.25, 0.3) is 0 Å². The maximum Gasteiger partial charge on any atom is 0.227 e. The first kappa shape index (κ1) is 16.2. The Hall–Kier alpha value is -2.70. The molecule has 0 spiro atoms. The Morgan fingerprint density at radius 2 is 1.83 bits per heavy atom. The monoisotopic (exact) mass is 328 g/mol. The minimum absolute atomic E-state index is 0.0513. The standard InChI is InChI=1S/C17H20N4O3/c1-17(2,3)12-10-19-14(23-12)7-8-15-20-16(21-24-15)11-5-6-13(22-4)18-9-11/h5-6,9-10H,7-8H2,1-4H3. The molecule has 0 saturated heterocycles. The second-order valence-corrected chi connectivity index (χ2v) is 6.47. The van der Waals surface area contributed by atoms with Crippen molar-refractivity contribution in [3.8, 4) is 17.3 Å². The molecule has 0 amide bonds. The largest absolute Gasteiger partial charge is 0.481 e. The van der Waals surface area contributed by atoms with Crippen molar-refractivity contribution in [2.24, 2.45) is 0 Å². The average Bonchev–Trinajstić information content (AvgIpc) is 3.22. The van der Waals surface area contributed by atoms with Crippen molar-refractivity contribution >= 4 is 0 Å². The van der Waals surface area contributed by atoms with Gasteiger partial charge in [-0.1, -0.05) is 25.9 Å². The fourth-order valence-corrected chi connectivity index (χ4v) is 2.09. The number of methoxy groups -OCH3 is 1. The number of aryl methyl sites for hydroxylation is 2. The summed E-state index contributed by atoms with van der Waals surface area (Å²) >= 11 is 0. The zero-order chi connectivity index (χ0) is 17.2. The van der Waals surface area contributed by atoms with Crippen molar-refractivity contribution in [1.29, 1.82) is 0 Å². The highest BCUT2D eigenvalue weighted by molar-refractivity contribution is 5.52. The molecule has 0 radical (unpaired) electrons. The molecule has 0 aliphatic rings. The molecule has 7 heteroatoms. The molecule has 126 valence electrons. The van der Waals surface area contributed by atoms with Gasteiger partial charge in [0.05, 0.1) is 13.3 Å². The van der Waals surface area contributed by atoms with Gasteiger partial charge in [-0.25, -0.2) is 9.97 Å². The van der Waals surface area contributed by atoms with Crippen LogP contribution in [-0.2, 0) is 18.3 Å². The predicted octanol–water partition coefficient (Wildman–Crippen LogP) is 3.21. The molecule has 24 heavy (non-hydrogen) atoms. The van der Waals surface area contributed by atoms with Crippen LogP contribution >= 0.6 is 0 Å². The Kier molecular flexibility index (Phi) is 4.33. The van der Waals surface area contributed by atoms with Crippen LogP contribution in [0.25, 0.3) is 11.4 Å². The normalized spacial score (nSPS) is 11.7. The summed E-state index contributed by atoms with van der Waals surface area (Å²) in [6.45, 7) is 6.26. The van der Waals surface area contributed by atoms with Gasteiger partial charge in [0, 0.05) is 36.1 Å². The lowest BCUT2D eigenvalue weighted by molar-refractivity contribution is 0.359. The second kappa shape index (κ2) is 6.43. The molecule has 0 bridgehead atoms. The molecule has 3 rings (SSSR count). The van der Waals surface area contributed by atoms with Crippen LogP contribution in [0.5, 0.6) is 5.88 Å². The number of hydrogen-bond donors (Lipinski definition) is 0. The second-order valence-electron chi connectivity index (χ2n) is 6.47. The first-order chi connectivity index (χ1) is 11.5. The summed E-state index contributed by atoms with van der Waals surface area (Å²) in [5.74, 6) is 3.12. The smallest absolute Gasteiger partial charge is 0.227 e. The van der Waals surface area contributed by atoms with Gasteiger partial charge in [-0.2, -0.15) is 4.98 Å². The van der Waals surface area contributed by atoms with Gasteiger partial charge < -0.3 is 13.7 Å². The summed E-state index contributed by atoms with van der Waals surface area (Å²) in [7, 11) is 1.57. The first-order valence-electron chi connectivity index (χ1n) is 7.74. The van der Waals surface area contributed by atoms with Gasteiger partial charge in [-0.05, 0) is 6.07 Å². The van der Waals surface area contributed by atoms with Gasteiger partial charge in [-0.15, -0.1) is 0 Å². The average molecular weight is 328 g/mol. The summed E-state index contributed by atoms with van der Waals surface area (Å²) in [6.07, 6.45) is 4.61. The topological polar surface area (TPSA) is 87.1 Å². The molecule has 0 aliphatic carbocycles. The first-order valence-corrected chi connectivity index (χ1v) is 7.74. The van der Waals surface area contributed by atoms with Crippen LogP contribution < -0.4 is 4.74 Å². The van der Waals surface area contributed by atoms with Crippen molar-refractivity contribution in [2.45, 2.75) is 39.0 Å². The van der Waals surface area contributed by atoms with Gasteiger partial charge in [0.15, 0.2) is 5.89 Å². The lowest BCUT2D eigenvalue weighted by Gasteiger charge is -2.12. The molecule has 0 aliphatic heterocycles. The van der Waals surface area contributed by atoms with E-state index in [0.717, 1.165) is 11.3 Å². The Morgan fingerprint density at radius 3 is 2.46 bits per heavy atom. The Labute approximate surface area is 140 Å².